The number of sulfonamides is 1. The number of hydrogen-bond acceptors (Lipinski definition) is 5. The molecule has 0 atom stereocenters. The van der Waals surface area contributed by atoms with Gasteiger partial charge in [-0.1, -0.05) is 0 Å². The molecule has 6 nitrogen and oxygen atoms in total. The van der Waals surface area contributed by atoms with E-state index in [1.54, 1.807) is 11.4 Å². The van der Waals surface area contributed by atoms with Crippen LogP contribution >= 0.6 is 0 Å². The van der Waals surface area contributed by atoms with Crippen LogP contribution in [-0.4, -0.2) is 82.4 Å². The average molecular weight is 277 g/mol. The number of methoxy groups -OCH3 is 1. The summed E-state index contributed by atoms with van der Waals surface area (Å²) in [6.07, 6.45) is 0.577. The van der Waals surface area contributed by atoms with Crippen LogP contribution in [0.2, 0.25) is 0 Å². The zero-order valence-corrected chi connectivity index (χ0v) is 11.8. The number of nitrogens with zero attached hydrogens (tertiary/aromatic N) is 2. The SMILES string of the molecule is COCCCS(=O)(=O)N1CC(N2CCNCC2)C1. The van der Waals surface area contributed by atoms with Crippen LogP contribution in [0.4, 0.5) is 0 Å². The molecule has 0 amide bonds. The Morgan fingerprint density at radius 3 is 2.56 bits per heavy atom. The normalized spacial score (nSPS) is 24.1. The number of nitrogens with one attached hydrogen (secondary N) is 1. The summed E-state index contributed by atoms with van der Waals surface area (Å²) >= 11 is 0. The molecule has 2 heterocycles. The van der Waals surface area contributed by atoms with Gasteiger partial charge < -0.3 is 10.1 Å². The summed E-state index contributed by atoms with van der Waals surface area (Å²) in [7, 11) is -1.46. The van der Waals surface area contributed by atoms with Crippen LogP contribution in [0.15, 0.2) is 0 Å². The molecule has 2 rings (SSSR count). The van der Waals surface area contributed by atoms with Crippen molar-refractivity contribution in [1.82, 2.24) is 14.5 Å². The molecule has 18 heavy (non-hydrogen) atoms. The lowest BCUT2D eigenvalue weighted by atomic mass is 10.1. The van der Waals surface area contributed by atoms with Crippen molar-refractivity contribution in [1.29, 1.82) is 0 Å². The lowest BCUT2D eigenvalue weighted by molar-refractivity contribution is 0.0771. The first kappa shape index (κ1) is 14.2. The molecule has 0 aromatic rings. The zero-order chi connectivity index (χ0) is 13.0. The predicted molar refractivity (Wildman–Crippen MR) is 70.1 cm³/mol. The van der Waals surface area contributed by atoms with Crippen LogP contribution in [0, 0.1) is 0 Å². The third kappa shape index (κ3) is 3.42. The molecule has 0 aliphatic carbocycles. The molecular weight excluding hydrogens is 254 g/mol. The number of piperazine rings is 1. The Kier molecular flexibility index (Phi) is 4.97. The summed E-state index contributed by atoms with van der Waals surface area (Å²) in [6, 6.07) is 0.421. The Hall–Kier alpha value is -0.210. The summed E-state index contributed by atoms with van der Waals surface area (Å²) < 4.78 is 30.4. The average Bonchev–Trinajstić information content (AvgIpc) is 2.28. The first-order valence-electron chi connectivity index (χ1n) is 6.55. The minimum Gasteiger partial charge on any atom is -0.385 e. The van der Waals surface area contributed by atoms with Crippen molar-refractivity contribution in [3.8, 4) is 0 Å². The summed E-state index contributed by atoms with van der Waals surface area (Å²) in [5, 5.41) is 3.31. The van der Waals surface area contributed by atoms with E-state index in [1.165, 1.54) is 0 Å². The summed E-state index contributed by atoms with van der Waals surface area (Å²) in [6.45, 7) is 5.91. The van der Waals surface area contributed by atoms with E-state index in [-0.39, 0.29) is 5.75 Å². The molecule has 0 aromatic heterocycles. The van der Waals surface area contributed by atoms with Gasteiger partial charge in [-0.05, 0) is 6.42 Å². The van der Waals surface area contributed by atoms with Gasteiger partial charge in [-0.25, -0.2) is 8.42 Å². The highest BCUT2D eigenvalue weighted by atomic mass is 32.2. The fraction of sp³-hybridized carbons (Fsp3) is 1.00. The van der Waals surface area contributed by atoms with Crippen molar-refractivity contribution < 1.29 is 13.2 Å². The van der Waals surface area contributed by atoms with E-state index >= 15 is 0 Å². The lowest BCUT2D eigenvalue weighted by Crippen LogP contribution is -2.64. The molecular formula is C11H23N3O3S. The maximum Gasteiger partial charge on any atom is 0.214 e. The van der Waals surface area contributed by atoms with Gasteiger partial charge in [-0.2, -0.15) is 4.31 Å². The van der Waals surface area contributed by atoms with E-state index in [0.717, 1.165) is 26.2 Å². The number of hydrogen-bond donors (Lipinski definition) is 1. The van der Waals surface area contributed by atoms with Crippen LogP contribution in [0.1, 0.15) is 6.42 Å². The third-order valence-electron chi connectivity index (χ3n) is 3.64. The van der Waals surface area contributed by atoms with E-state index in [2.05, 4.69) is 10.2 Å². The summed E-state index contributed by atoms with van der Waals surface area (Å²) in [4.78, 5) is 2.39. The van der Waals surface area contributed by atoms with Crippen LogP contribution in [0.5, 0.6) is 0 Å². The molecule has 2 fully saturated rings. The highest BCUT2D eigenvalue weighted by molar-refractivity contribution is 7.89. The molecule has 106 valence electrons. The van der Waals surface area contributed by atoms with Crippen molar-refractivity contribution >= 4 is 10.0 Å². The van der Waals surface area contributed by atoms with Crippen LogP contribution < -0.4 is 5.32 Å². The molecule has 0 spiro atoms. The molecule has 0 saturated carbocycles. The van der Waals surface area contributed by atoms with Gasteiger partial charge in [0, 0.05) is 59.0 Å². The molecule has 1 N–H and O–H groups in total. The van der Waals surface area contributed by atoms with Crippen molar-refractivity contribution in [3.63, 3.8) is 0 Å². The monoisotopic (exact) mass is 277 g/mol. The first-order valence-corrected chi connectivity index (χ1v) is 8.16. The Labute approximate surface area is 109 Å². The van der Waals surface area contributed by atoms with Gasteiger partial charge in [0.2, 0.25) is 10.0 Å². The fourth-order valence-electron chi connectivity index (χ4n) is 2.44. The first-order chi connectivity index (χ1) is 8.63. The molecule has 0 bridgehead atoms. The Bertz CT molecular complexity index is 349. The third-order valence-corrected chi connectivity index (χ3v) is 5.53. The Morgan fingerprint density at radius 2 is 1.94 bits per heavy atom. The van der Waals surface area contributed by atoms with Crippen molar-refractivity contribution in [2.24, 2.45) is 0 Å². The molecule has 2 saturated heterocycles. The van der Waals surface area contributed by atoms with Crippen molar-refractivity contribution in [2.75, 3.05) is 58.7 Å². The fourth-order valence-corrected chi connectivity index (χ4v) is 3.98. The number of rotatable bonds is 6. The minimum absolute atomic E-state index is 0.203. The van der Waals surface area contributed by atoms with E-state index in [9.17, 15) is 8.42 Å². The maximum absolute atomic E-state index is 12.0. The molecule has 0 unspecified atom stereocenters. The minimum atomic E-state index is -3.06. The van der Waals surface area contributed by atoms with Gasteiger partial charge in [0.05, 0.1) is 5.75 Å². The summed E-state index contributed by atoms with van der Waals surface area (Å²) in [5.74, 6) is 0.203. The van der Waals surface area contributed by atoms with Gasteiger partial charge in [-0.15, -0.1) is 0 Å². The van der Waals surface area contributed by atoms with E-state index in [0.29, 0.717) is 32.2 Å². The van der Waals surface area contributed by atoms with Crippen LogP contribution in [0.3, 0.4) is 0 Å². The second kappa shape index (κ2) is 6.29. The van der Waals surface area contributed by atoms with Crippen molar-refractivity contribution in [3.05, 3.63) is 0 Å². The van der Waals surface area contributed by atoms with E-state index in [4.69, 9.17) is 4.74 Å². The van der Waals surface area contributed by atoms with Crippen molar-refractivity contribution in [2.45, 2.75) is 12.5 Å². The van der Waals surface area contributed by atoms with Gasteiger partial charge >= 0.3 is 0 Å². The predicted octanol–water partition coefficient (Wildman–Crippen LogP) is -1.06. The van der Waals surface area contributed by atoms with E-state index < -0.39 is 10.0 Å². The molecule has 0 radical (unpaired) electrons. The quantitative estimate of drug-likeness (QED) is 0.627. The molecule has 2 aliphatic rings. The highest BCUT2D eigenvalue weighted by Gasteiger charge is 2.38. The van der Waals surface area contributed by atoms with Crippen LogP contribution in [-0.2, 0) is 14.8 Å². The smallest absolute Gasteiger partial charge is 0.214 e. The Balaban J connectivity index is 1.73. The van der Waals surface area contributed by atoms with Gasteiger partial charge in [-0.3, -0.25) is 4.90 Å². The highest BCUT2D eigenvalue weighted by Crippen LogP contribution is 2.19. The molecule has 0 aromatic carbocycles. The topological polar surface area (TPSA) is 61.9 Å². The largest absolute Gasteiger partial charge is 0.385 e. The van der Waals surface area contributed by atoms with E-state index in [1.807, 2.05) is 0 Å². The van der Waals surface area contributed by atoms with Crippen LogP contribution in [0.25, 0.3) is 0 Å². The van der Waals surface area contributed by atoms with Gasteiger partial charge in [0.1, 0.15) is 0 Å². The second-order valence-corrected chi connectivity index (χ2v) is 7.01. The maximum atomic E-state index is 12.0. The standard InChI is InChI=1S/C11H23N3O3S/c1-17-7-2-8-18(15,16)14-9-11(10-14)13-5-3-12-4-6-13/h11-12H,2-10H2,1H3. The lowest BCUT2D eigenvalue weighted by Gasteiger charge is -2.45. The molecule has 7 heteroatoms. The molecule has 2 aliphatic heterocycles. The van der Waals surface area contributed by atoms with Gasteiger partial charge in [0.25, 0.3) is 0 Å². The number of ether oxygens (including phenoxy) is 1. The second-order valence-electron chi connectivity index (χ2n) is 4.92. The zero-order valence-electron chi connectivity index (χ0n) is 11.0. The Morgan fingerprint density at radius 1 is 1.28 bits per heavy atom. The summed E-state index contributed by atoms with van der Waals surface area (Å²) in [5.41, 5.74) is 0. The van der Waals surface area contributed by atoms with Gasteiger partial charge in [0.15, 0.2) is 0 Å².